The predicted octanol–water partition coefficient (Wildman–Crippen LogP) is 2.30. The molecule has 0 N–H and O–H groups in total. The zero-order valence-electron chi connectivity index (χ0n) is 5.49. The molecule has 0 bridgehead atoms. The first-order chi connectivity index (χ1) is 2.96. The Kier molecular flexibility index (Phi) is 1.40. The third-order valence-corrected chi connectivity index (χ3v) is 2.06. The SMILES string of the molecule is CC1(C)CC1(C)F.F. The number of hydrogen-bond donors (Lipinski definition) is 0. The van der Waals surface area contributed by atoms with Gasteiger partial charge in [-0.15, -0.1) is 0 Å². The minimum Gasteiger partial charge on any atom is -0.269 e. The van der Waals surface area contributed by atoms with Crippen LogP contribution in [-0.2, 0) is 0 Å². The van der Waals surface area contributed by atoms with Crippen LogP contribution in [0.4, 0.5) is 9.09 Å². The molecular formula is C6H12F2. The zero-order chi connectivity index (χ0) is 5.71. The molecule has 1 rings (SSSR count). The Balaban J connectivity index is 0.000000490. The Hall–Kier alpha value is -0.140. The van der Waals surface area contributed by atoms with E-state index in [1.54, 1.807) is 6.92 Å². The van der Waals surface area contributed by atoms with E-state index in [0.29, 0.717) is 0 Å². The topological polar surface area (TPSA) is 0 Å². The Bertz CT molecular complexity index is 82.7. The molecule has 1 atom stereocenters. The van der Waals surface area contributed by atoms with E-state index in [-0.39, 0.29) is 10.1 Å². The van der Waals surface area contributed by atoms with Gasteiger partial charge in [-0.3, -0.25) is 4.70 Å². The van der Waals surface area contributed by atoms with Crippen molar-refractivity contribution in [1.82, 2.24) is 0 Å². The highest BCUT2D eigenvalue weighted by Gasteiger charge is 2.58. The summed E-state index contributed by atoms with van der Waals surface area (Å²) in [5.74, 6) is 0. The summed E-state index contributed by atoms with van der Waals surface area (Å²) in [5.41, 5.74) is -0.875. The molecular weight excluding hydrogens is 110 g/mol. The number of alkyl halides is 1. The number of halogens is 2. The first-order valence-corrected chi connectivity index (χ1v) is 2.65. The van der Waals surface area contributed by atoms with Gasteiger partial charge in [0.05, 0.1) is 0 Å². The summed E-state index contributed by atoms with van der Waals surface area (Å²) >= 11 is 0. The lowest BCUT2D eigenvalue weighted by Gasteiger charge is -2.00. The molecule has 1 aliphatic rings. The van der Waals surface area contributed by atoms with Gasteiger partial charge in [0.1, 0.15) is 5.67 Å². The molecule has 1 saturated carbocycles. The molecule has 1 aliphatic carbocycles. The fraction of sp³-hybridized carbons (Fsp3) is 1.00. The maximum absolute atomic E-state index is 12.6. The van der Waals surface area contributed by atoms with E-state index < -0.39 is 5.67 Å². The standard InChI is InChI=1S/C6H11F.FH/c1-5(2)4-6(5,3)7;/h4H2,1-3H3;1H. The van der Waals surface area contributed by atoms with E-state index in [2.05, 4.69) is 0 Å². The molecule has 0 amide bonds. The van der Waals surface area contributed by atoms with Gasteiger partial charge in [-0.25, -0.2) is 4.39 Å². The van der Waals surface area contributed by atoms with Gasteiger partial charge in [0.25, 0.3) is 0 Å². The molecule has 50 valence electrons. The van der Waals surface area contributed by atoms with E-state index in [9.17, 15) is 4.39 Å². The van der Waals surface area contributed by atoms with Crippen LogP contribution in [0, 0.1) is 5.41 Å². The predicted molar refractivity (Wildman–Crippen MR) is 30.4 cm³/mol. The molecule has 8 heavy (non-hydrogen) atoms. The molecule has 0 heterocycles. The average Bonchev–Trinajstić information content (AvgIpc) is 1.63. The van der Waals surface area contributed by atoms with Crippen LogP contribution in [0.5, 0.6) is 0 Å². The van der Waals surface area contributed by atoms with Gasteiger partial charge in [0, 0.05) is 5.41 Å². The summed E-state index contributed by atoms with van der Waals surface area (Å²) in [6.07, 6.45) is 0.736. The van der Waals surface area contributed by atoms with Gasteiger partial charge >= 0.3 is 0 Å². The van der Waals surface area contributed by atoms with Crippen LogP contribution in [0.2, 0.25) is 0 Å². The van der Waals surface area contributed by atoms with Crippen molar-refractivity contribution >= 4 is 0 Å². The van der Waals surface area contributed by atoms with Gasteiger partial charge in [-0.2, -0.15) is 0 Å². The molecule has 0 aromatic heterocycles. The number of rotatable bonds is 0. The lowest BCUT2D eigenvalue weighted by Crippen LogP contribution is -2.01. The third-order valence-electron chi connectivity index (χ3n) is 2.06. The van der Waals surface area contributed by atoms with Crippen molar-refractivity contribution in [3.05, 3.63) is 0 Å². The smallest absolute Gasteiger partial charge is 0.114 e. The van der Waals surface area contributed by atoms with Gasteiger partial charge in [-0.1, -0.05) is 13.8 Å². The van der Waals surface area contributed by atoms with Crippen LogP contribution >= 0.6 is 0 Å². The Morgan fingerprint density at radius 3 is 1.38 bits per heavy atom. The summed E-state index contributed by atoms with van der Waals surface area (Å²) in [6, 6.07) is 0. The fourth-order valence-electron chi connectivity index (χ4n) is 0.786. The lowest BCUT2D eigenvalue weighted by molar-refractivity contribution is 0.271. The van der Waals surface area contributed by atoms with Crippen LogP contribution in [0.25, 0.3) is 0 Å². The van der Waals surface area contributed by atoms with Gasteiger partial charge < -0.3 is 0 Å². The van der Waals surface area contributed by atoms with Crippen molar-refractivity contribution in [2.45, 2.75) is 32.9 Å². The van der Waals surface area contributed by atoms with Crippen molar-refractivity contribution in [3.8, 4) is 0 Å². The fourth-order valence-corrected chi connectivity index (χ4v) is 0.786. The van der Waals surface area contributed by atoms with Gasteiger partial charge in [-0.05, 0) is 13.3 Å². The maximum Gasteiger partial charge on any atom is 0.114 e. The van der Waals surface area contributed by atoms with Crippen molar-refractivity contribution in [3.63, 3.8) is 0 Å². The lowest BCUT2D eigenvalue weighted by atomic mass is 10.1. The van der Waals surface area contributed by atoms with E-state index in [1.807, 2.05) is 13.8 Å². The number of hydrogen-bond acceptors (Lipinski definition) is 0. The Labute approximate surface area is 48.5 Å². The van der Waals surface area contributed by atoms with Crippen LogP contribution in [0.15, 0.2) is 0 Å². The van der Waals surface area contributed by atoms with Crippen LogP contribution in [-0.4, -0.2) is 5.67 Å². The molecule has 0 aliphatic heterocycles. The quantitative estimate of drug-likeness (QED) is 0.462. The maximum atomic E-state index is 12.6. The van der Waals surface area contributed by atoms with Crippen LogP contribution < -0.4 is 0 Å². The van der Waals surface area contributed by atoms with E-state index in [1.165, 1.54) is 0 Å². The van der Waals surface area contributed by atoms with Gasteiger partial charge in [0.2, 0.25) is 0 Å². The van der Waals surface area contributed by atoms with Crippen molar-refractivity contribution < 1.29 is 9.09 Å². The zero-order valence-corrected chi connectivity index (χ0v) is 5.49. The van der Waals surface area contributed by atoms with Crippen molar-refractivity contribution in [2.24, 2.45) is 5.41 Å². The summed E-state index contributed by atoms with van der Waals surface area (Å²) in [6.45, 7) is 5.56. The normalized spacial score (nSPS) is 40.5. The van der Waals surface area contributed by atoms with Crippen molar-refractivity contribution in [1.29, 1.82) is 0 Å². The van der Waals surface area contributed by atoms with Crippen LogP contribution in [0.3, 0.4) is 0 Å². The molecule has 0 aromatic rings. The first-order valence-electron chi connectivity index (χ1n) is 2.65. The molecule has 0 aromatic carbocycles. The highest BCUT2D eigenvalue weighted by molar-refractivity contribution is 5.07. The van der Waals surface area contributed by atoms with Crippen LogP contribution in [0.1, 0.15) is 27.2 Å². The third kappa shape index (κ3) is 0.837. The second-order valence-electron chi connectivity index (χ2n) is 3.26. The molecule has 0 radical (unpaired) electrons. The summed E-state index contributed by atoms with van der Waals surface area (Å²) < 4.78 is 12.6. The molecule has 0 spiro atoms. The second kappa shape index (κ2) is 1.42. The minimum atomic E-state index is -0.854. The Morgan fingerprint density at radius 1 is 1.25 bits per heavy atom. The van der Waals surface area contributed by atoms with Gasteiger partial charge in [0.15, 0.2) is 0 Å². The largest absolute Gasteiger partial charge is 0.269 e. The van der Waals surface area contributed by atoms with E-state index in [4.69, 9.17) is 0 Å². The highest BCUT2D eigenvalue weighted by Crippen LogP contribution is 2.58. The summed E-state index contributed by atoms with van der Waals surface area (Å²) in [5, 5.41) is 0. The molecule has 2 heteroatoms. The molecule has 0 nitrogen and oxygen atoms in total. The van der Waals surface area contributed by atoms with E-state index in [0.717, 1.165) is 6.42 Å². The monoisotopic (exact) mass is 122 g/mol. The average molecular weight is 122 g/mol. The molecule has 1 unspecified atom stereocenters. The molecule has 1 fully saturated rings. The molecule has 0 saturated heterocycles. The minimum absolute atomic E-state index is 0. The second-order valence-corrected chi connectivity index (χ2v) is 3.26. The van der Waals surface area contributed by atoms with Crippen molar-refractivity contribution in [2.75, 3.05) is 0 Å². The first kappa shape index (κ1) is 7.86. The summed E-state index contributed by atoms with van der Waals surface area (Å²) in [7, 11) is 0. The Morgan fingerprint density at radius 2 is 1.38 bits per heavy atom. The highest BCUT2D eigenvalue weighted by atomic mass is 19.1. The summed E-state index contributed by atoms with van der Waals surface area (Å²) in [4.78, 5) is 0. The van der Waals surface area contributed by atoms with E-state index >= 15 is 0 Å².